The molecule has 0 aromatic rings. The van der Waals surface area contributed by atoms with Crippen molar-refractivity contribution in [2.24, 2.45) is 0 Å². The lowest BCUT2D eigenvalue weighted by Crippen LogP contribution is -2.20. The maximum Gasteiger partial charge on any atom is 0.157 e. The second-order valence-electron chi connectivity index (χ2n) is 4.22. The van der Waals surface area contributed by atoms with E-state index in [-0.39, 0.29) is 6.29 Å². The zero-order valence-corrected chi connectivity index (χ0v) is 8.91. The zero-order valence-electron chi connectivity index (χ0n) is 8.91. The van der Waals surface area contributed by atoms with Gasteiger partial charge in [0.1, 0.15) is 0 Å². The van der Waals surface area contributed by atoms with Gasteiger partial charge in [0.15, 0.2) is 6.29 Å². The van der Waals surface area contributed by atoms with E-state index in [0.29, 0.717) is 0 Å². The molecule has 14 heavy (non-hydrogen) atoms. The number of rotatable bonds is 5. The number of likely N-dealkylation sites (tertiary alicyclic amines) is 1. The van der Waals surface area contributed by atoms with Crippen LogP contribution in [0.4, 0.5) is 0 Å². The molecule has 0 unspecified atom stereocenters. The highest BCUT2D eigenvalue weighted by molar-refractivity contribution is 4.65. The van der Waals surface area contributed by atoms with Crippen molar-refractivity contribution < 1.29 is 9.47 Å². The van der Waals surface area contributed by atoms with E-state index in [0.717, 1.165) is 19.6 Å². The molecule has 0 aliphatic carbocycles. The van der Waals surface area contributed by atoms with Crippen molar-refractivity contribution in [2.45, 2.75) is 38.4 Å². The van der Waals surface area contributed by atoms with Crippen LogP contribution < -0.4 is 0 Å². The molecule has 0 spiro atoms. The third-order valence-electron chi connectivity index (χ3n) is 3.05. The summed E-state index contributed by atoms with van der Waals surface area (Å²) >= 11 is 0. The van der Waals surface area contributed by atoms with Crippen LogP contribution in [0.15, 0.2) is 0 Å². The summed E-state index contributed by atoms with van der Waals surface area (Å²) in [4.78, 5) is 2.57. The van der Waals surface area contributed by atoms with Crippen LogP contribution in [-0.4, -0.2) is 44.0 Å². The number of unbranched alkanes of at least 4 members (excludes halogenated alkanes) is 1. The normalized spacial score (nSPS) is 24.9. The standard InChI is InChI=1S/C11H21NO2/c1(5-11-13-9-10-14-11)2-6-12-7-3-4-8-12/h11H,1-10H2. The van der Waals surface area contributed by atoms with Crippen LogP contribution in [0.3, 0.4) is 0 Å². The summed E-state index contributed by atoms with van der Waals surface area (Å²) in [6.45, 7) is 5.48. The van der Waals surface area contributed by atoms with E-state index in [1.807, 2.05) is 0 Å². The van der Waals surface area contributed by atoms with E-state index in [2.05, 4.69) is 4.90 Å². The van der Waals surface area contributed by atoms with Gasteiger partial charge in [-0.1, -0.05) is 0 Å². The predicted molar refractivity (Wildman–Crippen MR) is 55.2 cm³/mol. The highest BCUT2D eigenvalue weighted by atomic mass is 16.7. The summed E-state index contributed by atoms with van der Waals surface area (Å²) in [6, 6.07) is 0. The van der Waals surface area contributed by atoms with Gasteiger partial charge in [-0.2, -0.15) is 0 Å². The second-order valence-corrected chi connectivity index (χ2v) is 4.22. The van der Waals surface area contributed by atoms with Crippen molar-refractivity contribution in [3.05, 3.63) is 0 Å². The summed E-state index contributed by atoms with van der Waals surface area (Å²) in [6.07, 6.45) is 6.51. The minimum atomic E-state index is 0.105. The van der Waals surface area contributed by atoms with E-state index in [1.54, 1.807) is 0 Å². The largest absolute Gasteiger partial charge is 0.350 e. The molecule has 0 saturated carbocycles. The predicted octanol–water partition coefficient (Wildman–Crippen LogP) is 1.63. The Hall–Kier alpha value is -0.120. The van der Waals surface area contributed by atoms with E-state index in [4.69, 9.17) is 9.47 Å². The fraction of sp³-hybridized carbons (Fsp3) is 1.00. The van der Waals surface area contributed by atoms with Gasteiger partial charge >= 0.3 is 0 Å². The summed E-state index contributed by atoms with van der Waals surface area (Å²) in [5.41, 5.74) is 0. The molecule has 0 aromatic carbocycles. The molecule has 0 N–H and O–H groups in total. The highest BCUT2D eigenvalue weighted by Crippen LogP contribution is 2.13. The lowest BCUT2D eigenvalue weighted by molar-refractivity contribution is -0.0481. The van der Waals surface area contributed by atoms with Crippen LogP contribution in [0, 0.1) is 0 Å². The Morgan fingerprint density at radius 2 is 1.71 bits per heavy atom. The van der Waals surface area contributed by atoms with Crippen molar-refractivity contribution in [1.29, 1.82) is 0 Å². The molecule has 2 heterocycles. The quantitative estimate of drug-likeness (QED) is 0.628. The molecule has 0 amide bonds. The molecule has 2 aliphatic heterocycles. The number of hydrogen-bond acceptors (Lipinski definition) is 3. The Balaban J connectivity index is 1.46. The molecule has 3 nitrogen and oxygen atoms in total. The molecule has 0 atom stereocenters. The smallest absolute Gasteiger partial charge is 0.157 e. The van der Waals surface area contributed by atoms with Gasteiger partial charge in [-0.15, -0.1) is 0 Å². The lowest BCUT2D eigenvalue weighted by atomic mass is 10.2. The number of ether oxygens (including phenoxy) is 2. The first-order valence-electron chi connectivity index (χ1n) is 5.91. The summed E-state index contributed by atoms with van der Waals surface area (Å²) < 4.78 is 10.8. The minimum Gasteiger partial charge on any atom is -0.350 e. The van der Waals surface area contributed by atoms with Crippen molar-refractivity contribution >= 4 is 0 Å². The average Bonchev–Trinajstić information content (AvgIpc) is 2.86. The maximum atomic E-state index is 5.39. The SMILES string of the molecule is C(CCN1CCCC1)CC1OCCO1. The van der Waals surface area contributed by atoms with E-state index < -0.39 is 0 Å². The summed E-state index contributed by atoms with van der Waals surface area (Å²) in [5, 5.41) is 0. The minimum absolute atomic E-state index is 0.105. The second kappa shape index (κ2) is 5.69. The fourth-order valence-corrected chi connectivity index (χ4v) is 2.23. The van der Waals surface area contributed by atoms with Gasteiger partial charge in [0.2, 0.25) is 0 Å². The van der Waals surface area contributed by atoms with Gasteiger partial charge < -0.3 is 14.4 Å². The fourth-order valence-electron chi connectivity index (χ4n) is 2.23. The van der Waals surface area contributed by atoms with Crippen LogP contribution in [-0.2, 0) is 9.47 Å². The van der Waals surface area contributed by atoms with Crippen LogP contribution in [0.1, 0.15) is 32.1 Å². The third-order valence-corrected chi connectivity index (χ3v) is 3.05. The Kier molecular flexibility index (Phi) is 4.22. The topological polar surface area (TPSA) is 21.7 Å². The van der Waals surface area contributed by atoms with Gasteiger partial charge in [-0.3, -0.25) is 0 Å². The van der Waals surface area contributed by atoms with Gasteiger partial charge in [0.05, 0.1) is 13.2 Å². The molecule has 2 saturated heterocycles. The van der Waals surface area contributed by atoms with Crippen LogP contribution in [0.25, 0.3) is 0 Å². The molecule has 2 aliphatic rings. The van der Waals surface area contributed by atoms with Crippen molar-refractivity contribution in [2.75, 3.05) is 32.8 Å². The first-order valence-corrected chi connectivity index (χ1v) is 5.91. The van der Waals surface area contributed by atoms with E-state index in [1.165, 1.54) is 45.3 Å². The average molecular weight is 199 g/mol. The zero-order chi connectivity index (χ0) is 9.64. The van der Waals surface area contributed by atoms with Crippen LogP contribution >= 0.6 is 0 Å². The van der Waals surface area contributed by atoms with Gasteiger partial charge in [0, 0.05) is 0 Å². The molecule has 3 heteroatoms. The van der Waals surface area contributed by atoms with Gasteiger partial charge in [-0.05, 0) is 51.7 Å². The molecule has 0 aromatic heterocycles. The number of hydrogen-bond donors (Lipinski definition) is 0. The lowest BCUT2D eigenvalue weighted by Gasteiger charge is -2.14. The molecule has 82 valence electrons. The highest BCUT2D eigenvalue weighted by Gasteiger charge is 2.15. The Morgan fingerprint density at radius 1 is 1.00 bits per heavy atom. The Labute approximate surface area is 86.4 Å². The Bertz CT molecular complexity index is 133. The molecule has 0 bridgehead atoms. The van der Waals surface area contributed by atoms with Crippen molar-refractivity contribution in [3.63, 3.8) is 0 Å². The maximum absolute atomic E-state index is 5.39. The number of nitrogens with zero attached hydrogens (tertiary/aromatic N) is 1. The molecular formula is C11H21NO2. The summed E-state index contributed by atoms with van der Waals surface area (Å²) in [5.74, 6) is 0. The summed E-state index contributed by atoms with van der Waals surface area (Å²) in [7, 11) is 0. The van der Waals surface area contributed by atoms with E-state index in [9.17, 15) is 0 Å². The van der Waals surface area contributed by atoms with Gasteiger partial charge in [-0.25, -0.2) is 0 Å². The van der Waals surface area contributed by atoms with E-state index >= 15 is 0 Å². The van der Waals surface area contributed by atoms with Crippen molar-refractivity contribution in [3.8, 4) is 0 Å². The first kappa shape index (κ1) is 10.4. The third kappa shape index (κ3) is 3.23. The van der Waals surface area contributed by atoms with Crippen LogP contribution in [0.5, 0.6) is 0 Å². The molecule has 2 rings (SSSR count). The van der Waals surface area contributed by atoms with Crippen LogP contribution in [0.2, 0.25) is 0 Å². The monoisotopic (exact) mass is 199 g/mol. The molecular weight excluding hydrogens is 178 g/mol. The molecule has 0 radical (unpaired) electrons. The van der Waals surface area contributed by atoms with Crippen molar-refractivity contribution in [1.82, 2.24) is 4.90 Å². The Morgan fingerprint density at radius 3 is 2.43 bits per heavy atom. The molecule has 2 fully saturated rings. The van der Waals surface area contributed by atoms with Gasteiger partial charge in [0.25, 0.3) is 0 Å². The first-order chi connectivity index (χ1) is 6.95.